The molecular weight excluding hydrogens is 398 g/mol. The predicted molar refractivity (Wildman–Crippen MR) is 117 cm³/mol. The largest absolute Gasteiger partial charge is 0.465 e. The van der Waals surface area contributed by atoms with Gasteiger partial charge in [0.2, 0.25) is 0 Å². The molecule has 30 heavy (non-hydrogen) atoms. The Labute approximate surface area is 177 Å². The van der Waals surface area contributed by atoms with E-state index in [1.807, 2.05) is 29.7 Å². The van der Waals surface area contributed by atoms with Gasteiger partial charge < -0.3 is 9.30 Å². The van der Waals surface area contributed by atoms with Crippen LogP contribution in [0, 0.1) is 0 Å². The van der Waals surface area contributed by atoms with Gasteiger partial charge in [-0.25, -0.2) is 13.2 Å². The molecule has 0 radical (unpaired) electrons. The molecule has 5 nitrogen and oxygen atoms in total. The molecule has 0 fully saturated rings. The third-order valence-electron chi connectivity index (χ3n) is 5.99. The summed E-state index contributed by atoms with van der Waals surface area (Å²) in [5.74, 6) is -0.378. The number of aromatic nitrogens is 1. The van der Waals surface area contributed by atoms with Crippen molar-refractivity contribution < 1.29 is 17.9 Å². The van der Waals surface area contributed by atoms with Crippen LogP contribution in [-0.2, 0) is 27.4 Å². The number of rotatable bonds is 6. The number of hydrogen-bond donors (Lipinski definition) is 0. The van der Waals surface area contributed by atoms with Crippen molar-refractivity contribution in [2.24, 2.45) is 0 Å². The molecular formula is C24H27NO4S. The van der Waals surface area contributed by atoms with Gasteiger partial charge in [-0.1, -0.05) is 31.5 Å². The Hall–Kier alpha value is -2.60. The highest BCUT2D eigenvalue weighted by Crippen LogP contribution is 2.39. The minimum absolute atomic E-state index is 0.348. The molecule has 1 aromatic heterocycles. The molecule has 3 aromatic rings. The smallest absolute Gasteiger partial charge is 0.337 e. The second-order valence-electron chi connectivity index (χ2n) is 7.83. The van der Waals surface area contributed by atoms with Gasteiger partial charge in [0.25, 0.3) is 0 Å². The van der Waals surface area contributed by atoms with Crippen LogP contribution < -0.4 is 0 Å². The maximum Gasteiger partial charge on any atom is 0.337 e. The minimum atomic E-state index is -3.57. The van der Waals surface area contributed by atoms with Crippen molar-refractivity contribution in [1.29, 1.82) is 0 Å². The van der Waals surface area contributed by atoms with E-state index >= 15 is 0 Å². The third kappa shape index (κ3) is 3.43. The quantitative estimate of drug-likeness (QED) is 0.517. The zero-order valence-corrected chi connectivity index (χ0v) is 18.2. The molecule has 4 rings (SSSR count). The van der Waals surface area contributed by atoms with Crippen LogP contribution in [0.15, 0.2) is 53.4 Å². The van der Waals surface area contributed by atoms with Gasteiger partial charge in [-0.15, -0.1) is 0 Å². The van der Waals surface area contributed by atoms with Gasteiger partial charge in [0, 0.05) is 16.6 Å². The Bertz CT molecular complexity index is 1180. The van der Waals surface area contributed by atoms with Crippen LogP contribution in [0.2, 0.25) is 0 Å². The fourth-order valence-electron chi connectivity index (χ4n) is 4.59. The fraction of sp³-hybridized carbons (Fsp3) is 0.375. The van der Waals surface area contributed by atoms with Gasteiger partial charge in [-0.3, -0.25) is 0 Å². The molecule has 6 heteroatoms. The molecule has 1 unspecified atom stereocenters. The van der Waals surface area contributed by atoms with Crippen LogP contribution in [0.25, 0.3) is 10.9 Å². The average Bonchev–Trinajstić information content (AvgIpc) is 3.11. The van der Waals surface area contributed by atoms with Crippen molar-refractivity contribution in [2.45, 2.75) is 55.7 Å². The fourth-order valence-corrected chi connectivity index (χ4v) is 6.50. The Kier molecular flexibility index (Phi) is 5.69. The van der Waals surface area contributed by atoms with Crippen LogP contribution >= 0.6 is 0 Å². The van der Waals surface area contributed by atoms with E-state index in [2.05, 4.69) is 0 Å². The molecule has 0 aliphatic heterocycles. The van der Waals surface area contributed by atoms with Crippen molar-refractivity contribution >= 4 is 26.7 Å². The number of hydrogen-bond acceptors (Lipinski definition) is 4. The predicted octanol–water partition coefficient (Wildman–Crippen LogP) is 5.08. The number of benzene rings is 2. The van der Waals surface area contributed by atoms with Crippen LogP contribution in [0.1, 0.15) is 59.6 Å². The SMILES string of the molecule is CCCC(n1c2c(c3cc(C(=O)OC)ccc31)CCCC2)S(=O)(=O)c1ccccc1. The Morgan fingerprint density at radius 1 is 1.10 bits per heavy atom. The molecule has 158 valence electrons. The molecule has 1 aliphatic carbocycles. The van der Waals surface area contributed by atoms with Gasteiger partial charge in [-0.05, 0) is 68.0 Å². The van der Waals surface area contributed by atoms with Crippen LogP contribution in [0.4, 0.5) is 0 Å². The number of aryl methyl sites for hydroxylation is 1. The number of esters is 1. The highest BCUT2D eigenvalue weighted by molar-refractivity contribution is 7.91. The normalized spacial score (nSPS) is 15.0. The standard InChI is InChI=1S/C24H27NO4S/c1-3-9-23(30(27,28)18-10-5-4-6-11-18)25-21-13-8-7-12-19(21)20-16-17(24(26)29-2)14-15-22(20)25/h4-6,10-11,14-16,23H,3,7-9,12-13H2,1-2H3. The van der Waals surface area contributed by atoms with Gasteiger partial charge in [-0.2, -0.15) is 0 Å². The summed E-state index contributed by atoms with van der Waals surface area (Å²) in [5.41, 5.74) is 3.64. The second-order valence-corrected chi connectivity index (χ2v) is 9.93. The molecule has 1 heterocycles. The summed E-state index contributed by atoms with van der Waals surface area (Å²) in [6, 6.07) is 14.2. The molecule has 1 aliphatic rings. The number of nitrogens with zero attached hydrogens (tertiary/aromatic N) is 1. The maximum atomic E-state index is 13.7. The summed E-state index contributed by atoms with van der Waals surface area (Å²) in [6.07, 6.45) is 5.14. The van der Waals surface area contributed by atoms with Crippen LogP contribution in [-0.4, -0.2) is 26.1 Å². The number of carbonyl (C=O) groups excluding carboxylic acids is 1. The lowest BCUT2D eigenvalue weighted by molar-refractivity contribution is 0.0601. The lowest BCUT2D eigenvalue weighted by atomic mass is 9.95. The number of fused-ring (bicyclic) bond motifs is 3. The molecule has 2 aromatic carbocycles. The number of methoxy groups -OCH3 is 1. The summed E-state index contributed by atoms with van der Waals surface area (Å²) in [6.45, 7) is 2.01. The first kappa shape index (κ1) is 20.7. The third-order valence-corrected chi connectivity index (χ3v) is 8.08. The Balaban J connectivity index is 1.97. The van der Waals surface area contributed by atoms with Crippen LogP contribution in [0.3, 0.4) is 0 Å². The Morgan fingerprint density at radius 3 is 2.53 bits per heavy atom. The monoisotopic (exact) mass is 425 g/mol. The van der Waals surface area contributed by atoms with E-state index in [0.29, 0.717) is 16.9 Å². The van der Waals surface area contributed by atoms with E-state index in [0.717, 1.165) is 48.7 Å². The molecule has 0 N–H and O–H groups in total. The first-order chi connectivity index (χ1) is 14.5. The molecule has 0 amide bonds. The van der Waals surface area contributed by atoms with Gasteiger partial charge in [0.05, 0.1) is 17.6 Å². The summed E-state index contributed by atoms with van der Waals surface area (Å²) in [7, 11) is -2.20. The molecule has 0 spiro atoms. The van der Waals surface area contributed by atoms with Crippen molar-refractivity contribution in [3.8, 4) is 0 Å². The van der Waals surface area contributed by atoms with Crippen molar-refractivity contribution in [3.63, 3.8) is 0 Å². The van der Waals surface area contributed by atoms with Gasteiger partial charge in [0.1, 0.15) is 5.37 Å². The summed E-state index contributed by atoms with van der Waals surface area (Å²) >= 11 is 0. The molecule has 0 bridgehead atoms. The first-order valence-corrected chi connectivity index (χ1v) is 12.1. The average molecular weight is 426 g/mol. The summed E-state index contributed by atoms with van der Waals surface area (Å²) in [5, 5.41) is 0.301. The number of carbonyl (C=O) groups is 1. The topological polar surface area (TPSA) is 65.4 Å². The van der Waals surface area contributed by atoms with E-state index < -0.39 is 15.2 Å². The van der Waals surface area contributed by atoms with E-state index in [4.69, 9.17) is 4.74 Å². The van der Waals surface area contributed by atoms with E-state index in [1.54, 1.807) is 30.3 Å². The summed E-state index contributed by atoms with van der Waals surface area (Å²) < 4.78 is 34.3. The number of ether oxygens (including phenoxy) is 1. The molecule has 0 saturated carbocycles. The molecule has 0 saturated heterocycles. The minimum Gasteiger partial charge on any atom is -0.465 e. The maximum absolute atomic E-state index is 13.7. The lowest BCUT2D eigenvalue weighted by Crippen LogP contribution is -2.23. The van der Waals surface area contributed by atoms with Crippen LogP contribution in [0.5, 0.6) is 0 Å². The van der Waals surface area contributed by atoms with Crippen molar-refractivity contribution in [3.05, 3.63) is 65.4 Å². The van der Waals surface area contributed by atoms with Gasteiger partial charge in [0.15, 0.2) is 9.84 Å². The van der Waals surface area contributed by atoms with Crippen molar-refractivity contribution in [1.82, 2.24) is 4.57 Å². The van der Waals surface area contributed by atoms with Gasteiger partial charge >= 0.3 is 5.97 Å². The molecule has 1 atom stereocenters. The lowest BCUT2D eigenvalue weighted by Gasteiger charge is -2.24. The summed E-state index contributed by atoms with van der Waals surface area (Å²) in [4.78, 5) is 12.4. The van der Waals surface area contributed by atoms with Crippen molar-refractivity contribution in [2.75, 3.05) is 7.11 Å². The highest BCUT2D eigenvalue weighted by Gasteiger charge is 2.33. The Morgan fingerprint density at radius 2 is 1.83 bits per heavy atom. The van der Waals surface area contributed by atoms with E-state index in [9.17, 15) is 13.2 Å². The number of sulfone groups is 1. The zero-order valence-electron chi connectivity index (χ0n) is 17.4. The zero-order chi connectivity index (χ0) is 21.3. The first-order valence-electron chi connectivity index (χ1n) is 10.5. The highest BCUT2D eigenvalue weighted by atomic mass is 32.2. The van der Waals surface area contributed by atoms with E-state index in [-0.39, 0.29) is 5.97 Å². The van der Waals surface area contributed by atoms with E-state index in [1.165, 1.54) is 12.7 Å². The second kappa shape index (κ2) is 8.26.